The number of carboxylic acid groups (broad SMARTS) is 1. The fourth-order valence-electron chi connectivity index (χ4n) is 1.08. The molecule has 0 bridgehead atoms. The van der Waals surface area contributed by atoms with Gasteiger partial charge in [0, 0.05) is 0 Å². The van der Waals surface area contributed by atoms with Crippen molar-refractivity contribution in [3.8, 4) is 0 Å². The molecule has 1 aromatic heterocycles. The number of hydrogen-bond acceptors (Lipinski definition) is 3. The molecule has 0 atom stereocenters. The molecule has 76 valence electrons. The fraction of sp³-hybridized carbons (Fsp3) is 0.444. The van der Waals surface area contributed by atoms with Crippen LogP contribution in [0.15, 0.2) is 6.33 Å². The molecule has 1 rings (SSSR count). The molecule has 0 radical (unpaired) electrons. The third kappa shape index (κ3) is 2.25. The highest BCUT2D eigenvalue weighted by Crippen LogP contribution is 2.11. The van der Waals surface area contributed by atoms with Crippen LogP contribution in [0.5, 0.6) is 0 Å². The Hall–Kier alpha value is -1.52. The maximum Gasteiger partial charge on any atom is 0.357 e. The Bertz CT molecular complexity index is 353. The van der Waals surface area contributed by atoms with E-state index in [1.807, 2.05) is 13.8 Å². The van der Waals surface area contributed by atoms with Gasteiger partial charge < -0.3 is 5.11 Å². The van der Waals surface area contributed by atoms with Crippen LogP contribution >= 0.6 is 0 Å². The summed E-state index contributed by atoms with van der Waals surface area (Å²) in [5.74, 6) is -1.97. The number of carbonyl (C=O) groups is 1. The smallest absolute Gasteiger partial charge is 0.357 e. The van der Waals surface area contributed by atoms with E-state index in [1.165, 1.54) is 0 Å². The Labute approximate surface area is 80.8 Å². The lowest BCUT2D eigenvalue weighted by Gasteiger charge is -2.05. The summed E-state index contributed by atoms with van der Waals surface area (Å²) in [6.07, 6.45) is 1.48. The molecule has 1 aromatic rings. The zero-order valence-corrected chi connectivity index (χ0v) is 7.99. The van der Waals surface area contributed by atoms with Crippen LogP contribution in [0, 0.1) is 11.7 Å². The summed E-state index contributed by atoms with van der Waals surface area (Å²) >= 11 is 0. The van der Waals surface area contributed by atoms with E-state index in [0.717, 1.165) is 6.33 Å². The Balaban J connectivity index is 3.07. The number of rotatable bonds is 3. The number of halogens is 1. The number of carboxylic acids is 1. The van der Waals surface area contributed by atoms with Crippen LogP contribution in [0.25, 0.3) is 0 Å². The summed E-state index contributed by atoms with van der Waals surface area (Å²) < 4.78 is 13.4. The lowest BCUT2D eigenvalue weighted by Crippen LogP contribution is -2.10. The second-order valence-corrected chi connectivity index (χ2v) is 3.39. The number of nitrogens with zero attached hydrogens (tertiary/aromatic N) is 2. The summed E-state index contributed by atoms with van der Waals surface area (Å²) in [5, 5.41) is 8.59. The van der Waals surface area contributed by atoms with Gasteiger partial charge in [0.25, 0.3) is 0 Å². The molecule has 0 fully saturated rings. The molecule has 0 saturated heterocycles. The average Bonchev–Trinajstić information content (AvgIpc) is 2.07. The quantitative estimate of drug-likeness (QED) is 0.799. The van der Waals surface area contributed by atoms with Crippen LogP contribution < -0.4 is 0 Å². The maximum absolute atomic E-state index is 13.4. The predicted octanol–water partition coefficient (Wildman–Crippen LogP) is 1.51. The molecule has 0 aliphatic carbocycles. The molecule has 14 heavy (non-hydrogen) atoms. The van der Waals surface area contributed by atoms with E-state index in [1.54, 1.807) is 0 Å². The minimum absolute atomic E-state index is 0.160. The molecule has 0 spiro atoms. The first-order valence-electron chi connectivity index (χ1n) is 4.25. The van der Waals surface area contributed by atoms with Gasteiger partial charge in [-0.05, 0) is 12.3 Å². The first-order chi connectivity index (χ1) is 6.52. The standard InChI is InChI=1S/C9H11FN2O2/c1-5(2)3-6-7(10)8(9(13)14)12-4-11-6/h4-5H,3H2,1-2H3,(H,13,14). The zero-order chi connectivity index (χ0) is 10.7. The van der Waals surface area contributed by atoms with Crippen molar-refractivity contribution in [2.24, 2.45) is 5.92 Å². The highest BCUT2D eigenvalue weighted by Gasteiger charge is 2.17. The Morgan fingerprint density at radius 3 is 2.71 bits per heavy atom. The first kappa shape index (κ1) is 10.6. The van der Waals surface area contributed by atoms with Gasteiger partial charge in [-0.25, -0.2) is 19.2 Å². The average molecular weight is 198 g/mol. The third-order valence-corrected chi connectivity index (χ3v) is 1.67. The third-order valence-electron chi connectivity index (χ3n) is 1.67. The first-order valence-corrected chi connectivity index (χ1v) is 4.25. The zero-order valence-electron chi connectivity index (χ0n) is 7.99. The number of aromatic nitrogens is 2. The number of hydrogen-bond donors (Lipinski definition) is 1. The SMILES string of the molecule is CC(C)Cc1ncnc(C(=O)O)c1F. The van der Waals surface area contributed by atoms with Crippen LogP contribution in [0.3, 0.4) is 0 Å². The van der Waals surface area contributed by atoms with Crippen molar-refractivity contribution >= 4 is 5.97 Å². The van der Waals surface area contributed by atoms with E-state index in [9.17, 15) is 9.18 Å². The van der Waals surface area contributed by atoms with Gasteiger partial charge in [0.1, 0.15) is 6.33 Å². The van der Waals surface area contributed by atoms with Crippen LogP contribution in [0.1, 0.15) is 30.0 Å². The Kier molecular flexibility index (Phi) is 3.11. The topological polar surface area (TPSA) is 63.1 Å². The van der Waals surface area contributed by atoms with E-state index >= 15 is 0 Å². The minimum Gasteiger partial charge on any atom is -0.476 e. The molecule has 0 unspecified atom stereocenters. The van der Waals surface area contributed by atoms with Gasteiger partial charge in [-0.15, -0.1) is 0 Å². The summed E-state index contributed by atoms with van der Waals surface area (Å²) in [4.78, 5) is 17.6. The lowest BCUT2D eigenvalue weighted by molar-refractivity contribution is 0.0684. The fourth-order valence-corrected chi connectivity index (χ4v) is 1.08. The van der Waals surface area contributed by atoms with Crippen molar-refractivity contribution in [2.45, 2.75) is 20.3 Å². The van der Waals surface area contributed by atoms with Crippen molar-refractivity contribution < 1.29 is 14.3 Å². The molecule has 0 saturated carbocycles. The van der Waals surface area contributed by atoms with E-state index in [2.05, 4.69) is 9.97 Å². The Morgan fingerprint density at radius 2 is 2.21 bits per heavy atom. The molecule has 0 aliphatic rings. The highest BCUT2D eigenvalue weighted by molar-refractivity contribution is 5.85. The van der Waals surface area contributed by atoms with Gasteiger partial charge in [0.05, 0.1) is 5.69 Å². The van der Waals surface area contributed by atoms with Gasteiger partial charge in [0.15, 0.2) is 11.5 Å². The molecule has 0 amide bonds. The normalized spacial score (nSPS) is 10.6. The largest absolute Gasteiger partial charge is 0.476 e. The van der Waals surface area contributed by atoms with E-state index in [0.29, 0.717) is 6.42 Å². The lowest BCUT2D eigenvalue weighted by atomic mass is 10.1. The van der Waals surface area contributed by atoms with Gasteiger partial charge in [-0.3, -0.25) is 0 Å². The summed E-state index contributed by atoms with van der Waals surface area (Å²) in [7, 11) is 0. The van der Waals surface area contributed by atoms with Crippen molar-refractivity contribution in [2.75, 3.05) is 0 Å². The Morgan fingerprint density at radius 1 is 1.57 bits per heavy atom. The van der Waals surface area contributed by atoms with Crippen LogP contribution in [-0.4, -0.2) is 21.0 Å². The molecule has 1 N–H and O–H groups in total. The minimum atomic E-state index is -1.37. The van der Waals surface area contributed by atoms with Gasteiger partial charge >= 0.3 is 5.97 Å². The van der Waals surface area contributed by atoms with Crippen LogP contribution in [0.4, 0.5) is 4.39 Å². The molecular formula is C9H11FN2O2. The molecule has 5 heteroatoms. The monoisotopic (exact) mass is 198 g/mol. The molecule has 4 nitrogen and oxygen atoms in total. The summed E-state index contributed by atoms with van der Waals surface area (Å²) in [5.41, 5.74) is -0.400. The van der Waals surface area contributed by atoms with Gasteiger partial charge in [0.2, 0.25) is 0 Å². The summed E-state index contributed by atoms with van der Waals surface area (Å²) in [6.45, 7) is 3.81. The van der Waals surface area contributed by atoms with Crippen LogP contribution in [-0.2, 0) is 6.42 Å². The van der Waals surface area contributed by atoms with Crippen molar-refractivity contribution in [1.29, 1.82) is 0 Å². The summed E-state index contributed by atoms with van der Waals surface area (Å²) in [6, 6.07) is 0. The van der Waals surface area contributed by atoms with Crippen molar-refractivity contribution in [3.05, 3.63) is 23.5 Å². The maximum atomic E-state index is 13.4. The van der Waals surface area contributed by atoms with E-state index in [4.69, 9.17) is 5.11 Å². The highest BCUT2D eigenvalue weighted by atomic mass is 19.1. The van der Waals surface area contributed by atoms with E-state index in [-0.39, 0.29) is 11.6 Å². The van der Waals surface area contributed by atoms with Gasteiger partial charge in [-0.2, -0.15) is 0 Å². The van der Waals surface area contributed by atoms with Crippen molar-refractivity contribution in [3.63, 3.8) is 0 Å². The van der Waals surface area contributed by atoms with E-state index < -0.39 is 17.5 Å². The molecule has 0 aromatic carbocycles. The second-order valence-electron chi connectivity index (χ2n) is 3.39. The molecule has 1 heterocycles. The van der Waals surface area contributed by atoms with Gasteiger partial charge in [-0.1, -0.05) is 13.8 Å². The number of aromatic carboxylic acids is 1. The molecule has 0 aliphatic heterocycles. The second kappa shape index (κ2) is 4.13. The molecular weight excluding hydrogens is 187 g/mol. The van der Waals surface area contributed by atoms with Crippen molar-refractivity contribution in [1.82, 2.24) is 9.97 Å². The predicted molar refractivity (Wildman–Crippen MR) is 47.5 cm³/mol. The van der Waals surface area contributed by atoms with Crippen LogP contribution in [0.2, 0.25) is 0 Å².